The predicted octanol–water partition coefficient (Wildman–Crippen LogP) is 2.90. The molecule has 3 N–H and O–H groups in total. The van der Waals surface area contributed by atoms with Gasteiger partial charge in [-0.05, 0) is 52.3 Å². The first-order valence-electron chi connectivity index (χ1n) is 9.03. The maximum Gasteiger partial charge on any atom is 0.314 e. The number of benzene rings is 1. The van der Waals surface area contributed by atoms with Crippen molar-refractivity contribution in [3.63, 3.8) is 0 Å². The number of Topliss-reactive ketones (excluding diaryl/α,β-unsaturated/α-hetero) is 1. The van der Waals surface area contributed by atoms with E-state index in [9.17, 15) is 14.7 Å². The number of nitrogens with two attached hydrogens (primary N) is 1. The number of hydrogen-bond donors (Lipinski definition) is 2. The van der Waals surface area contributed by atoms with Crippen molar-refractivity contribution in [2.45, 2.75) is 40.0 Å². The van der Waals surface area contributed by atoms with Gasteiger partial charge in [-0.25, -0.2) is 0 Å². The van der Waals surface area contributed by atoms with Gasteiger partial charge in [0.1, 0.15) is 5.92 Å². The van der Waals surface area contributed by atoms with Crippen LogP contribution >= 0.6 is 0 Å². The summed E-state index contributed by atoms with van der Waals surface area (Å²) in [5.41, 5.74) is 5.69. The third-order valence-electron chi connectivity index (χ3n) is 3.76. The molecule has 0 saturated heterocycles. The van der Waals surface area contributed by atoms with Crippen molar-refractivity contribution in [1.29, 1.82) is 0 Å². The van der Waals surface area contributed by atoms with Crippen molar-refractivity contribution in [1.82, 2.24) is 0 Å². The molecule has 1 atom stereocenters. The fourth-order valence-electron chi connectivity index (χ4n) is 2.59. The number of unbranched alkanes of at least 4 members (excludes halogenated alkanes) is 1. The van der Waals surface area contributed by atoms with Crippen LogP contribution in [0.1, 0.15) is 50.4 Å². The number of carbonyl (C=O) groups excluding carboxylic acids is 1. The van der Waals surface area contributed by atoms with E-state index in [2.05, 4.69) is 0 Å². The number of carboxylic acid groups (broad SMARTS) is 1. The Balaban J connectivity index is 3.26. The lowest BCUT2D eigenvalue weighted by Crippen LogP contribution is -2.24. The lowest BCUT2D eigenvalue weighted by atomic mass is 9.92. The smallest absolute Gasteiger partial charge is 0.314 e. The summed E-state index contributed by atoms with van der Waals surface area (Å²) in [5.74, 6) is -1.58. The highest BCUT2D eigenvalue weighted by molar-refractivity contribution is 6.08. The van der Waals surface area contributed by atoms with Crippen molar-refractivity contribution < 1.29 is 28.9 Å². The molecule has 7 heteroatoms. The molecule has 1 rings (SSSR count). The number of rotatable bonds is 13. The van der Waals surface area contributed by atoms with Gasteiger partial charge in [0.2, 0.25) is 5.75 Å². The van der Waals surface area contributed by atoms with Gasteiger partial charge in [0, 0.05) is 5.56 Å². The molecular weight excluding hydrogens is 338 g/mol. The molecule has 0 fully saturated rings. The molecular formula is C19H29NO6. The van der Waals surface area contributed by atoms with E-state index >= 15 is 0 Å². The Bertz CT molecular complexity index is 575. The SMILES string of the molecule is CCOc1cc(C(=O)C(CCCCN)C(=O)O)cc(OCC)c1OCC. The van der Waals surface area contributed by atoms with Crippen LogP contribution in [-0.2, 0) is 4.79 Å². The van der Waals surface area contributed by atoms with Crippen molar-refractivity contribution in [3.05, 3.63) is 17.7 Å². The number of hydrogen-bond acceptors (Lipinski definition) is 6. The first-order valence-corrected chi connectivity index (χ1v) is 9.03. The highest BCUT2D eigenvalue weighted by Gasteiger charge is 2.29. The zero-order valence-electron chi connectivity index (χ0n) is 15.7. The molecule has 1 aromatic carbocycles. The van der Waals surface area contributed by atoms with Crippen LogP contribution in [0, 0.1) is 5.92 Å². The molecule has 0 aliphatic carbocycles. The minimum absolute atomic E-state index is 0.237. The van der Waals surface area contributed by atoms with E-state index in [1.165, 1.54) is 12.1 Å². The molecule has 1 unspecified atom stereocenters. The number of carboxylic acids is 1. The highest BCUT2D eigenvalue weighted by Crippen LogP contribution is 2.39. The van der Waals surface area contributed by atoms with E-state index in [4.69, 9.17) is 19.9 Å². The van der Waals surface area contributed by atoms with Gasteiger partial charge in [-0.3, -0.25) is 9.59 Å². The van der Waals surface area contributed by atoms with Crippen LogP contribution in [0.3, 0.4) is 0 Å². The largest absolute Gasteiger partial charge is 0.490 e. The summed E-state index contributed by atoms with van der Waals surface area (Å²) in [6, 6.07) is 3.05. The fourth-order valence-corrected chi connectivity index (χ4v) is 2.59. The topological polar surface area (TPSA) is 108 Å². The number of aliphatic carboxylic acids is 1. The molecule has 0 aromatic heterocycles. The van der Waals surface area contributed by atoms with Crippen LogP contribution in [0.25, 0.3) is 0 Å². The molecule has 0 amide bonds. The Labute approximate surface area is 154 Å². The Hall–Kier alpha value is -2.28. The number of ether oxygens (including phenoxy) is 3. The van der Waals surface area contributed by atoms with Gasteiger partial charge < -0.3 is 25.1 Å². The average molecular weight is 367 g/mol. The van der Waals surface area contributed by atoms with Crippen LogP contribution in [-0.4, -0.2) is 43.2 Å². The van der Waals surface area contributed by atoms with E-state index in [-0.39, 0.29) is 12.0 Å². The maximum atomic E-state index is 12.8. The van der Waals surface area contributed by atoms with Crippen LogP contribution < -0.4 is 19.9 Å². The van der Waals surface area contributed by atoms with E-state index < -0.39 is 17.7 Å². The summed E-state index contributed by atoms with van der Waals surface area (Å²) in [4.78, 5) is 24.4. The second-order valence-corrected chi connectivity index (χ2v) is 5.64. The third kappa shape index (κ3) is 5.91. The highest BCUT2D eigenvalue weighted by atomic mass is 16.5. The first-order chi connectivity index (χ1) is 12.5. The minimum Gasteiger partial charge on any atom is -0.490 e. The third-order valence-corrected chi connectivity index (χ3v) is 3.76. The van der Waals surface area contributed by atoms with Crippen molar-refractivity contribution in [2.24, 2.45) is 11.7 Å². The van der Waals surface area contributed by atoms with Gasteiger partial charge in [0.15, 0.2) is 17.3 Å². The fraction of sp³-hybridized carbons (Fsp3) is 0.579. The molecule has 0 bridgehead atoms. The van der Waals surface area contributed by atoms with Gasteiger partial charge in [-0.1, -0.05) is 6.42 Å². The summed E-state index contributed by atoms with van der Waals surface area (Å²) >= 11 is 0. The molecule has 0 spiro atoms. The molecule has 0 saturated carbocycles. The normalized spacial score (nSPS) is 11.7. The summed E-state index contributed by atoms with van der Waals surface area (Å²) in [7, 11) is 0. The van der Waals surface area contributed by atoms with Crippen molar-refractivity contribution in [3.8, 4) is 17.2 Å². The second-order valence-electron chi connectivity index (χ2n) is 5.64. The van der Waals surface area contributed by atoms with Crippen LogP contribution in [0.5, 0.6) is 17.2 Å². The number of ketones is 1. The van der Waals surface area contributed by atoms with Crippen molar-refractivity contribution >= 4 is 11.8 Å². The quantitative estimate of drug-likeness (QED) is 0.313. The van der Waals surface area contributed by atoms with Gasteiger partial charge in [-0.2, -0.15) is 0 Å². The molecule has 0 aliphatic rings. The zero-order chi connectivity index (χ0) is 19.5. The summed E-state index contributed by atoms with van der Waals surface area (Å²) < 4.78 is 16.8. The second kappa shape index (κ2) is 11.4. The Morgan fingerprint density at radius 3 is 1.96 bits per heavy atom. The van der Waals surface area contributed by atoms with E-state index in [1.54, 1.807) is 0 Å². The molecule has 7 nitrogen and oxygen atoms in total. The molecule has 0 heterocycles. The van der Waals surface area contributed by atoms with Crippen molar-refractivity contribution in [2.75, 3.05) is 26.4 Å². The minimum atomic E-state index is -1.14. The van der Waals surface area contributed by atoms with Crippen LogP contribution in [0.2, 0.25) is 0 Å². The predicted molar refractivity (Wildman–Crippen MR) is 98.3 cm³/mol. The maximum absolute atomic E-state index is 12.8. The molecule has 1 aromatic rings. The monoisotopic (exact) mass is 367 g/mol. The van der Waals surface area contributed by atoms with E-state index in [0.717, 1.165) is 0 Å². The number of carbonyl (C=O) groups is 2. The van der Waals surface area contributed by atoms with Gasteiger partial charge in [-0.15, -0.1) is 0 Å². The standard InChI is InChI=1S/C19H29NO6/c1-4-24-15-11-13(12-16(25-5-2)18(15)26-6-3)17(21)14(19(22)23)9-7-8-10-20/h11-12,14H,4-10,20H2,1-3H3,(H,22,23). The Morgan fingerprint density at radius 1 is 1.00 bits per heavy atom. The molecule has 146 valence electrons. The van der Waals surface area contributed by atoms with Crippen LogP contribution in [0.4, 0.5) is 0 Å². The summed E-state index contributed by atoms with van der Waals surface area (Å²) in [5, 5.41) is 9.45. The van der Waals surface area contributed by atoms with E-state index in [1.807, 2.05) is 20.8 Å². The zero-order valence-corrected chi connectivity index (χ0v) is 15.7. The summed E-state index contributed by atoms with van der Waals surface area (Å²) in [6.45, 7) is 7.10. The lowest BCUT2D eigenvalue weighted by Gasteiger charge is -2.18. The first kappa shape index (κ1) is 21.8. The van der Waals surface area contributed by atoms with Crippen LogP contribution in [0.15, 0.2) is 12.1 Å². The molecule has 26 heavy (non-hydrogen) atoms. The Morgan fingerprint density at radius 2 is 1.54 bits per heavy atom. The molecule has 0 aliphatic heterocycles. The molecule has 0 radical (unpaired) electrons. The summed E-state index contributed by atoms with van der Waals surface area (Å²) in [6.07, 6.45) is 1.49. The lowest BCUT2D eigenvalue weighted by molar-refractivity contribution is -0.140. The van der Waals surface area contributed by atoms with Gasteiger partial charge in [0.25, 0.3) is 0 Å². The van der Waals surface area contributed by atoms with Gasteiger partial charge in [0.05, 0.1) is 19.8 Å². The van der Waals surface area contributed by atoms with E-state index in [0.29, 0.717) is 56.5 Å². The average Bonchev–Trinajstić information content (AvgIpc) is 2.61. The Kier molecular flexibility index (Phi) is 9.51. The van der Waals surface area contributed by atoms with Gasteiger partial charge >= 0.3 is 5.97 Å².